The molecule has 1 amide bonds. The number of amides is 1. The normalized spacial score (nSPS) is 10.1. The average molecular weight is 241 g/mol. The summed E-state index contributed by atoms with van der Waals surface area (Å²) in [6.45, 7) is 0.644. The Morgan fingerprint density at radius 2 is 2.11 bits per heavy atom. The van der Waals surface area contributed by atoms with Gasteiger partial charge in [-0.3, -0.25) is 14.8 Å². The second-order valence-corrected chi connectivity index (χ2v) is 4.04. The molecule has 0 saturated heterocycles. The quantitative estimate of drug-likeness (QED) is 0.819. The molecule has 2 heterocycles. The second kappa shape index (κ2) is 5.91. The van der Waals surface area contributed by atoms with Crippen LogP contribution in [-0.2, 0) is 6.42 Å². The molecule has 0 bridgehead atoms. The molecular formula is C14H15N3O. The third-order valence-electron chi connectivity index (χ3n) is 2.68. The molecule has 0 aliphatic rings. The number of carbonyl (C=O) groups excluding carboxylic acids is 1. The van der Waals surface area contributed by atoms with Gasteiger partial charge in [-0.15, -0.1) is 0 Å². The highest BCUT2D eigenvalue weighted by molar-refractivity contribution is 5.93. The summed E-state index contributed by atoms with van der Waals surface area (Å²) in [6, 6.07) is 9.33. The van der Waals surface area contributed by atoms with Crippen molar-refractivity contribution in [3.63, 3.8) is 0 Å². The van der Waals surface area contributed by atoms with Crippen LogP contribution in [0.5, 0.6) is 0 Å². The molecule has 0 aromatic carbocycles. The maximum Gasteiger partial charge on any atom is 0.255 e. The monoisotopic (exact) mass is 241 g/mol. The highest BCUT2D eigenvalue weighted by Gasteiger charge is 2.11. The summed E-state index contributed by atoms with van der Waals surface area (Å²) >= 11 is 0. The fourth-order valence-electron chi connectivity index (χ4n) is 1.64. The maximum atomic E-state index is 12.0. The lowest BCUT2D eigenvalue weighted by molar-refractivity contribution is 0.0796. The minimum absolute atomic E-state index is 0.0148. The third kappa shape index (κ3) is 3.13. The van der Waals surface area contributed by atoms with Gasteiger partial charge in [0.25, 0.3) is 5.91 Å². The molecule has 4 heteroatoms. The van der Waals surface area contributed by atoms with E-state index in [2.05, 4.69) is 9.97 Å². The maximum absolute atomic E-state index is 12.0. The first-order chi connectivity index (χ1) is 8.77. The van der Waals surface area contributed by atoms with E-state index >= 15 is 0 Å². The summed E-state index contributed by atoms with van der Waals surface area (Å²) in [4.78, 5) is 21.9. The van der Waals surface area contributed by atoms with Gasteiger partial charge in [-0.1, -0.05) is 6.07 Å². The first-order valence-corrected chi connectivity index (χ1v) is 5.83. The smallest absolute Gasteiger partial charge is 0.255 e. The molecule has 92 valence electrons. The Labute approximate surface area is 106 Å². The minimum atomic E-state index is -0.0148. The number of pyridine rings is 2. The lowest BCUT2D eigenvalue weighted by Gasteiger charge is -2.16. The zero-order chi connectivity index (χ0) is 12.8. The van der Waals surface area contributed by atoms with Crippen LogP contribution in [0.1, 0.15) is 16.1 Å². The molecule has 4 nitrogen and oxygen atoms in total. The van der Waals surface area contributed by atoms with E-state index in [1.54, 1.807) is 42.7 Å². The molecule has 0 unspecified atom stereocenters. The van der Waals surface area contributed by atoms with E-state index < -0.39 is 0 Å². The van der Waals surface area contributed by atoms with Crippen LogP contribution in [0, 0.1) is 0 Å². The van der Waals surface area contributed by atoms with Crippen molar-refractivity contribution >= 4 is 5.91 Å². The molecule has 0 spiro atoms. The van der Waals surface area contributed by atoms with Gasteiger partial charge in [-0.2, -0.15) is 0 Å². The fourth-order valence-corrected chi connectivity index (χ4v) is 1.64. The van der Waals surface area contributed by atoms with Gasteiger partial charge < -0.3 is 4.90 Å². The van der Waals surface area contributed by atoms with Crippen molar-refractivity contribution in [2.24, 2.45) is 0 Å². The van der Waals surface area contributed by atoms with E-state index in [0.717, 1.165) is 12.1 Å². The van der Waals surface area contributed by atoms with Crippen LogP contribution in [0.2, 0.25) is 0 Å². The number of carbonyl (C=O) groups is 1. The van der Waals surface area contributed by atoms with Crippen LogP contribution in [0.15, 0.2) is 48.9 Å². The van der Waals surface area contributed by atoms with Gasteiger partial charge in [0.2, 0.25) is 0 Å². The lowest BCUT2D eigenvalue weighted by atomic mass is 10.2. The van der Waals surface area contributed by atoms with Crippen molar-refractivity contribution in [2.45, 2.75) is 6.42 Å². The van der Waals surface area contributed by atoms with Crippen molar-refractivity contribution in [2.75, 3.05) is 13.6 Å². The molecule has 0 N–H and O–H groups in total. The standard InChI is InChI=1S/C14H15N3O/c1-17(10-7-13-6-2-3-9-16-13)14(18)12-5-4-8-15-11-12/h2-6,8-9,11H,7,10H2,1H3. The molecule has 0 radical (unpaired) electrons. The second-order valence-electron chi connectivity index (χ2n) is 4.04. The van der Waals surface area contributed by atoms with Crippen molar-refractivity contribution in [3.05, 3.63) is 60.2 Å². The summed E-state index contributed by atoms with van der Waals surface area (Å²) in [5.41, 5.74) is 1.60. The first kappa shape index (κ1) is 12.2. The van der Waals surface area contributed by atoms with Crippen molar-refractivity contribution < 1.29 is 4.79 Å². The van der Waals surface area contributed by atoms with Crippen LogP contribution < -0.4 is 0 Å². The molecule has 0 saturated carbocycles. The zero-order valence-electron chi connectivity index (χ0n) is 10.3. The van der Waals surface area contributed by atoms with E-state index in [4.69, 9.17) is 0 Å². The van der Waals surface area contributed by atoms with Gasteiger partial charge in [-0.05, 0) is 24.3 Å². The largest absolute Gasteiger partial charge is 0.341 e. The summed E-state index contributed by atoms with van der Waals surface area (Å²) in [7, 11) is 1.79. The molecule has 2 rings (SSSR count). The molecule has 0 aliphatic carbocycles. The van der Waals surface area contributed by atoms with Gasteiger partial charge in [0.05, 0.1) is 5.56 Å². The molecule has 0 atom stereocenters. The highest BCUT2D eigenvalue weighted by atomic mass is 16.2. The topological polar surface area (TPSA) is 46.1 Å². The zero-order valence-corrected chi connectivity index (χ0v) is 10.3. The number of rotatable bonds is 4. The fraction of sp³-hybridized carbons (Fsp3) is 0.214. The van der Waals surface area contributed by atoms with Crippen LogP contribution >= 0.6 is 0 Å². The summed E-state index contributed by atoms with van der Waals surface area (Å²) in [5, 5.41) is 0. The number of likely N-dealkylation sites (N-methyl/N-ethyl adjacent to an activating group) is 1. The number of nitrogens with zero attached hydrogens (tertiary/aromatic N) is 3. The van der Waals surface area contributed by atoms with E-state index in [9.17, 15) is 4.79 Å². The molecule has 18 heavy (non-hydrogen) atoms. The Kier molecular flexibility index (Phi) is 4.02. The molecule has 2 aromatic rings. The van der Waals surface area contributed by atoms with Crippen molar-refractivity contribution in [3.8, 4) is 0 Å². The number of hydrogen-bond acceptors (Lipinski definition) is 3. The number of hydrogen-bond donors (Lipinski definition) is 0. The summed E-state index contributed by atoms with van der Waals surface area (Å²) < 4.78 is 0. The van der Waals surface area contributed by atoms with E-state index in [1.165, 1.54) is 0 Å². The minimum Gasteiger partial charge on any atom is -0.341 e. The molecule has 0 aliphatic heterocycles. The van der Waals surface area contributed by atoms with Crippen molar-refractivity contribution in [1.29, 1.82) is 0 Å². The van der Waals surface area contributed by atoms with Gasteiger partial charge in [0.1, 0.15) is 0 Å². The van der Waals surface area contributed by atoms with E-state index in [0.29, 0.717) is 12.1 Å². The van der Waals surface area contributed by atoms with Gasteiger partial charge in [0.15, 0.2) is 0 Å². The Bertz CT molecular complexity index is 499. The number of aromatic nitrogens is 2. The van der Waals surface area contributed by atoms with E-state index in [1.807, 2.05) is 18.2 Å². The predicted molar refractivity (Wildman–Crippen MR) is 69.1 cm³/mol. The molecule has 2 aromatic heterocycles. The first-order valence-electron chi connectivity index (χ1n) is 5.83. The Balaban J connectivity index is 1.93. The Morgan fingerprint density at radius 1 is 1.22 bits per heavy atom. The Morgan fingerprint density at radius 3 is 2.78 bits per heavy atom. The molecule has 0 fully saturated rings. The van der Waals surface area contributed by atoms with Crippen molar-refractivity contribution in [1.82, 2.24) is 14.9 Å². The molecular weight excluding hydrogens is 226 g/mol. The Hall–Kier alpha value is -2.23. The van der Waals surface area contributed by atoms with Crippen LogP contribution in [0.3, 0.4) is 0 Å². The predicted octanol–water partition coefficient (Wildman–Crippen LogP) is 1.79. The summed E-state index contributed by atoms with van der Waals surface area (Å²) in [6.07, 6.45) is 5.76. The van der Waals surface area contributed by atoms with Gasteiger partial charge in [-0.25, -0.2) is 0 Å². The lowest BCUT2D eigenvalue weighted by Crippen LogP contribution is -2.29. The van der Waals surface area contributed by atoms with Crippen LogP contribution in [0.4, 0.5) is 0 Å². The SMILES string of the molecule is CN(CCc1ccccn1)C(=O)c1cccnc1. The average Bonchev–Trinajstić information content (AvgIpc) is 2.46. The van der Waals surface area contributed by atoms with Gasteiger partial charge >= 0.3 is 0 Å². The van der Waals surface area contributed by atoms with E-state index in [-0.39, 0.29) is 5.91 Å². The van der Waals surface area contributed by atoms with Crippen LogP contribution in [-0.4, -0.2) is 34.4 Å². The third-order valence-corrected chi connectivity index (χ3v) is 2.68. The van der Waals surface area contributed by atoms with Gasteiger partial charge in [0, 0.05) is 44.3 Å². The summed E-state index contributed by atoms with van der Waals surface area (Å²) in [5.74, 6) is -0.0148. The van der Waals surface area contributed by atoms with Crippen LogP contribution in [0.25, 0.3) is 0 Å². The highest BCUT2D eigenvalue weighted by Crippen LogP contribution is 2.03.